The number of carbonyl (C=O) groups is 2. The first-order chi connectivity index (χ1) is 32.0. The van der Waals surface area contributed by atoms with Gasteiger partial charge in [-0.05, 0) is 25.7 Å². The van der Waals surface area contributed by atoms with Gasteiger partial charge in [0.15, 0.2) is 0 Å². The number of hydrogen-bond acceptors (Lipinski definition) is 5. The Hall–Kier alpha value is -1.14. The summed E-state index contributed by atoms with van der Waals surface area (Å²) in [6.07, 6.45) is 63.8. The van der Waals surface area contributed by atoms with E-state index >= 15 is 0 Å². The zero-order chi connectivity index (χ0) is 47.2. The molecule has 0 aromatic heterocycles. The molecule has 65 heavy (non-hydrogen) atoms. The minimum absolute atomic E-state index is 0.0129. The molecule has 0 aliphatic heterocycles. The molecule has 0 aliphatic carbocycles. The van der Waals surface area contributed by atoms with Crippen molar-refractivity contribution in [2.45, 2.75) is 353 Å². The van der Waals surface area contributed by atoms with Crippen molar-refractivity contribution < 1.29 is 24.5 Å². The highest BCUT2D eigenvalue weighted by molar-refractivity contribution is 5.76. The van der Waals surface area contributed by atoms with Crippen molar-refractivity contribution in [3.8, 4) is 0 Å². The lowest BCUT2D eigenvalue weighted by Crippen LogP contribution is -2.45. The van der Waals surface area contributed by atoms with Crippen molar-refractivity contribution in [2.24, 2.45) is 0 Å². The molecule has 388 valence electrons. The van der Waals surface area contributed by atoms with E-state index in [9.17, 15) is 19.8 Å². The Morgan fingerprint density at radius 1 is 0.369 bits per heavy atom. The number of hydrogen-bond donors (Lipinski definition) is 3. The van der Waals surface area contributed by atoms with Crippen LogP contribution in [0.1, 0.15) is 341 Å². The molecule has 0 rings (SSSR count). The minimum atomic E-state index is -0.664. The fourth-order valence-electron chi connectivity index (χ4n) is 9.58. The molecule has 0 spiro atoms. The average Bonchev–Trinajstić information content (AvgIpc) is 3.31. The Bertz CT molecular complexity index is 928. The standard InChI is InChI=1S/C59H117NO5/c1-3-5-7-9-11-13-15-17-24-29-33-37-41-45-49-53-59(64)65-54-50-46-42-38-34-30-26-23-21-19-20-22-25-28-32-36-40-44-48-52-58(63)60-56(55-61)57(62)51-47-43-39-35-31-27-18-16-14-12-10-8-6-4-2/h56-57,61-62H,3-55H2,1-2H3,(H,60,63). The van der Waals surface area contributed by atoms with Crippen LogP contribution in [-0.4, -0.2) is 47.4 Å². The second-order valence-electron chi connectivity index (χ2n) is 20.7. The maximum atomic E-state index is 12.5. The van der Waals surface area contributed by atoms with Crippen LogP contribution in [0.5, 0.6) is 0 Å². The van der Waals surface area contributed by atoms with E-state index in [2.05, 4.69) is 19.2 Å². The molecule has 0 aromatic carbocycles. The van der Waals surface area contributed by atoms with Crippen LogP contribution in [0, 0.1) is 0 Å². The van der Waals surface area contributed by atoms with Crippen LogP contribution >= 0.6 is 0 Å². The van der Waals surface area contributed by atoms with Crippen molar-refractivity contribution in [1.82, 2.24) is 5.32 Å². The van der Waals surface area contributed by atoms with E-state index < -0.39 is 12.1 Å². The van der Waals surface area contributed by atoms with Gasteiger partial charge in [0.1, 0.15) is 0 Å². The van der Waals surface area contributed by atoms with Crippen LogP contribution in [0.25, 0.3) is 0 Å². The first-order valence-electron chi connectivity index (χ1n) is 29.8. The highest BCUT2D eigenvalue weighted by Crippen LogP contribution is 2.18. The molecule has 0 aliphatic rings. The third-order valence-electron chi connectivity index (χ3n) is 14.2. The number of amides is 1. The molecule has 0 radical (unpaired) electrons. The van der Waals surface area contributed by atoms with E-state index in [0.29, 0.717) is 25.9 Å². The number of esters is 1. The average molecular weight is 921 g/mol. The topological polar surface area (TPSA) is 95.9 Å². The third-order valence-corrected chi connectivity index (χ3v) is 14.2. The molecule has 0 heterocycles. The summed E-state index contributed by atoms with van der Waals surface area (Å²) in [5.41, 5.74) is 0. The fraction of sp³-hybridized carbons (Fsp3) is 0.966. The number of aliphatic hydroxyl groups excluding tert-OH is 2. The second kappa shape index (κ2) is 55.5. The van der Waals surface area contributed by atoms with Crippen LogP contribution in [0.2, 0.25) is 0 Å². The molecule has 0 saturated heterocycles. The van der Waals surface area contributed by atoms with E-state index in [1.165, 1.54) is 270 Å². The number of aliphatic hydroxyl groups is 2. The first-order valence-corrected chi connectivity index (χ1v) is 29.8. The van der Waals surface area contributed by atoms with Crippen LogP contribution in [0.4, 0.5) is 0 Å². The highest BCUT2D eigenvalue weighted by atomic mass is 16.5. The quantitative estimate of drug-likeness (QED) is 0.0417. The summed E-state index contributed by atoms with van der Waals surface area (Å²) in [4.78, 5) is 24.5. The van der Waals surface area contributed by atoms with Gasteiger partial charge >= 0.3 is 5.97 Å². The molecule has 0 fully saturated rings. The summed E-state index contributed by atoms with van der Waals surface area (Å²) in [5.74, 6) is -0.0224. The Morgan fingerprint density at radius 3 is 0.938 bits per heavy atom. The lowest BCUT2D eigenvalue weighted by molar-refractivity contribution is -0.143. The molecule has 1 amide bonds. The van der Waals surface area contributed by atoms with Gasteiger partial charge in [-0.15, -0.1) is 0 Å². The molecule has 6 heteroatoms. The first kappa shape index (κ1) is 63.9. The maximum absolute atomic E-state index is 12.5. The predicted molar refractivity (Wildman–Crippen MR) is 283 cm³/mol. The van der Waals surface area contributed by atoms with Crippen LogP contribution in [0.3, 0.4) is 0 Å². The van der Waals surface area contributed by atoms with Crippen LogP contribution < -0.4 is 5.32 Å². The molecule has 0 aromatic rings. The summed E-state index contributed by atoms with van der Waals surface area (Å²) in [7, 11) is 0. The van der Waals surface area contributed by atoms with Crippen molar-refractivity contribution in [3.05, 3.63) is 0 Å². The molecule has 6 nitrogen and oxygen atoms in total. The lowest BCUT2D eigenvalue weighted by atomic mass is 10.0. The number of unbranched alkanes of at least 4 members (excludes halogenated alkanes) is 45. The van der Waals surface area contributed by atoms with E-state index in [4.69, 9.17) is 4.74 Å². The SMILES string of the molecule is CCCCCCCCCCCCCCCCCC(=O)OCCCCCCCCCCCCCCCCCCCCCC(=O)NC(CO)C(O)CCCCCCCCCCCCCCCC. The predicted octanol–water partition coefficient (Wildman–Crippen LogP) is 18.3. The maximum Gasteiger partial charge on any atom is 0.305 e. The Balaban J connectivity index is 3.37. The summed E-state index contributed by atoms with van der Waals surface area (Å²) in [6, 6.07) is -0.542. The molecular formula is C59H117NO5. The minimum Gasteiger partial charge on any atom is -0.466 e. The summed E-state index contributed by atoms with van der Waals surface area (Å²) < 4.78 is 5.49. The molecule has 2 unspecified atom stereocenters. The van der Waals surface area contributed by atoms with Gasteiger partial charge in [0.05, 0.1) is 25.4 Å². The van der Waals surface area contributed by atoms with Crippen molar-refractivity contribution in [3.63, 3.8) is 0 Å². The van der Waals surface area contributed by atoms with Gasteiger partial charge in [-0.3, -0.25) is 9.59 Å². The zero-order valence-electron chi connectivity index (χ0n) is 44.3. The van der Waals surface area contributed by atoms with Crippen molar-refractivity contribution in [1.29, 1.82) is 0 Å². The summed E-state index contributed by atoms with van der Waals surface area (Å²) in [6.45, 7) is 4.97. The normalized spacial score (nSPS) is 12.5. The van der Waals surface area contributed by atoms with Gasteiger partial charge in [0.2, 0.25) is 5.91 Å². The smallest absolute Gasteiger partial charge is 0.305 e. The molecular weight excluding hydrogens is 803 g/mol. The largest absolute Gasteiger partial charge is 0.466 e. The van der Waals surface area contributed by atoms with E-state index in [0.717, 1.165) is 38.5 Å². The van der Waals surface area contributed by atoms with Gasteiger partial charge < -0.3 is 20.3 Å². The number of rotatable bonds is 56. The summed E-state index contributed by atoms with van der Waals surface area (Å²) >= 11 is 0. The summed E-state index contributed by atoms with van der Waals surface area (Å²) in [5, 5.41) is 23.3. The Morgan fingerprint density at radius 2 is 0.631 bits per heavy atom. The molecule has 0 saturated carbocycles. The van der Waals surface area contributed by atoms with Crippen molar-refractivity contribution in [2.75, 3.05) is 13.2 Å². The number of ether oxygens (including phenoxy) is 1. The Labute approximate surface area is 406 Å². The fourth-order valence-corrected chi connectivity index (χ4v) is 9.58. The van der Waals surface area contributed by atoms with Gasteiger partial charge in [-0.25, -0.2) is 0 Å². The van der Waals surface area contributed by atoms with Crippen molar-refractivity contribution >= 4 is 11.9 Å². The molecule has 3 N–H and O–H groups in total. The van der Waals surface area contributed by atoms with Gasteiger partial charge in [-0.1, -0.05) is 303 Å². The van der Waals surface area contributed by atoms with E-state index in [1.807, 2.05) is 0 Å². The number of nitrogens with one attached hydrogen (secondary N) is 1. The lowest BCUT2D eigenvalue weighted by Gasteiger charge is -2.22. The van der Waals surface area contributed by atoms with Crippen LogP contribution in [-0.2, 0) is 14.3 Å². The molecule has 0 bridgehead atoms. The monoisotopic (exact) mass is 920 g/mol. The third kappa shape index (κ3) is 52.1. The zero-order valence-corrected chi connectivity index (χ0v) is 44.3. The van der Waals surface area contributed by atoms with Gasteiger partial charge in [0.25, 0.3) is 0 Å². The van der Waals surface area contributed by atoms with Crippen LogP contribution in [0.15, 0.2) is 0 Å². The second-order valence-corrected chi connectivity index (χ2v) is 20.7. The van der Waals surface area contributed by atoms with E-state index in [1.54, 1.807) is 0 Å². The number of carbonyl (C=O) groups excluding carboxylic acids is 2. The molecule has 2 atom stereocenters. The Kier molecular flexibility index (Phi) is 54.5. The van der Waals surface area contributed by atoms with Gasteiger partial charge in [-0.2, -0.15) is 0 Å². The highest BCUT2D eigenvalue weighted by Gasteiger charge is 2.20. The van der Waals surface area contributed by atoms with E-state index in [-0.39, 0.29) is 18.5 Å². The van der Waals surface area contributed by atoms with Gasteiger partial charge in [0, 0.05) is 12.8 Å².